The maximum absolute atomic E-state index is 12.4. The first-order chi connectivity index (χ1) is 9.54. The van der Waals surface area contributed by atoms with Gasteiger partial charge in [-0.15, -0.1) is 0 Å². The van der Waals surface area contributed by atoms with E-state index in [9.17, 15) is 9.59 Å². The first-order valence-corrected chi connectivity index (χ1v) is 7.60. The zero-order chi connectivity index (χ0) is 14.7. The molecule has 5 nitrogen and oxygen atoms in total. The van der Waals surface area contributed by atoms with Crippen molar-refractivity contribution in [1.29, 1.82) is 0 Å². The molecule has 1 aromatic heterocycles. The van der Waals surface area contributed by atoms with Gasteiger partial charge in [-0.25, -0.2) is 4.79 Å². The number of aryl methyl sites for hydroxylation is 1. The summed E-state index contributed by atoms with van der Waals surface area (Å²) in [4.78, 5) is 28.9. The van der Waals surface area contributed by atoms with Crippen molar-refractivity contribution < 1.29 is 4.79 Å². The highest BCUT2D eigenvalue weighted by atomic mass is 16.2. The molecule has 5 heteroatoms. The number of carbonyl (C=O) groups excluding carboxylic acids is 1. The largest absolute Gasteiger partial charge is 0.340 e. The van der Waals surface area contributed by atoms with E-state index in [1.54, 1.807) is 4.57 Å². The number of rotatable bonds is 4. The number of hydrogen-bond donors (Lipinski definition) is 1. The molecule has 0 aromatic carbocycles. The Morgan fingerprint density at radius 3 is 2.70 bits per heavy atom. The zero-order valence-corrected chi connectivity index (χ0v) is 12.7. The lowest BCUT2D eigenvalue weighted by molar-refractivity contribution is -0.135. The number of carbonyl (C=O) groups is 1. The third-order valence-electron chi connectivity index (χ3n) is 4.46. The number of imidazole rings is 1. The fourth-order valence-corrected chi connectivity index (χ4v) is 3.05. The highest BCUT2D eigenvalue weighted by Gasteiger charge is 2.25. The lowest BCUT2D eigenvalue weighted by atomic mass is 9.99. The Kier molecular flexibility index (Phi) is 4.68. The van der Waals surface area contributed by atoms with E-state index in [1.807, 2.05) is 18.7 Å². The van der Waals surface area contributed by atoms with Gasteiger partial charge in [-0.2, -0.15) is 0 Å². The van der Waals surface area contributed by atoms with Crippen molar-refractivity contribution in [3.05, 3.63) is 21.9 Å². The van der Waals surface area contributed by atoms with E-state index in [0.29, 0.717) is 19.0 Å². The van der Waals surface area contributed by atoms with E-state index in [0.717, 1.165) is 37.2 Å². The van der Waals surface area contributed by atoms with Crippen LogP contribution in [0.4, 0.5) is 0 Å². The van der Waals surface area contributed by atoms with Gasteiger partial charge in [0.15, 0.2) is 0 Å². The Morgan fingerprint density at radius 2 is 2.10 bits per heavy atom. The number of hydrogen-bond acceptors (Lipinski definition) is 2. The van der Waals surface area contributed by atoms with Crippen LogP contribution in [0.5, 0.6) is 0 Å². The van der Waals surface area contributed by atoms with Crippen LogP contribution in [0.1, 0.15) is 50.4 Å². The minimum absolute atomic E-state index is 0.113. The van der Waals surface area contributed by atoms with Crippen LogP contribution in [0, 0.1) is 13.8 Å². The molecular formula is C15H25N3O2. The Balaban J connectivity index is 1.99. The van der Waals surface area contributed by atoms with Crippen molar-refractivity contribution in [1.82, 2.24) is 14.5 Å². The number of aromatic amines is 1. The molecule has 1 fully saturated rings. The molecule has 20 heavy (non-hydrogen) atoms. The maximum Gasteiger partial charge on any atom is 0.325 e. The normalized spacial score (nSPS) is 19.4. The van der Waals surface area contributed by atoms with Gasteiger partial charge in [0.05, 0.1) is 0 Å². The Morgan fingerprint density at radius 1 is 1.35 bits per heavy atom. The fraction of sp³-hybridized carbons (Fsp3) is 0.733. The van der Waals surface area contributed by atoms with E-state index in [4.69, 9.17) is 0 Å². The van der Waals surface area contributed by atoms with Crippen molar-refractivity contribution in [3.63, 3.8) is 0 Å². The summed E-state index contributed by atoms with van der Waals surface area (Å²) in [6, 6.07) is 0.391. The SMILES string of the molecule is CCC1CCCCN1C(=O)CCn1c(C)c(C)[nH]c1=O. The van der Waals surface area contributed by atoms with Crippen LogP contribution in [0.2, 0.25) is 0 Å². The summed E-state index contributed by atoms with van der Waals surface area (Å²) in [5.41, 5.74) is 1.69. The van der Waals surface area contributed by atoms with E-state index in [-0.39, 0.29) is 11.6 Å². The van der Waals surface area contributed by atoms with Crippen molar-refractivity contribution >= 4 is 5.91 Å². The summed E-state index contributed by atoms with van der Waals surface area (Å²) in [6.45, 7) is 7.28. The minimum Gasteiger partial charge on any atom is -0.340 e. The first kappa shape index (κ1) is 14.9. The third kappa shape index (κ3) is 2.97. The Bertz CT molecular complexity index is 530. The molecule has 2 rings (SSSR count). The zero-order valence-electron chi connectivity index (χ0n) is 12.7. The molecule has 1 aromatic rings. The van der Waals surface area contributed by atoms with E-state index in [2.05, 4.69) is 11.9 Å². The molecule has 0 bridgehead atoms. The summed E-state index contributed by atoms with van der Waals surface area (Å²) in [5.74, 6) is 0.182. The van der Waals surface area contributed by atoms with E-state index < -0.39 is 0 Å². The number of nitrogens with zero attached hydrogens (tertiary/aromatic N) is 2. The van der Waals surface area contributed by atoms with Crippen LogP contribution in [0.25, 0.3) is 0 Å². The Labute approximate surface area is 120 Å². The second-order valence-electron chi connectivity index (χ2n) is 5.69. The molecule has 0 spiro atoms. The average Bonchev–Trinajstić information content (AvgIpc) is 2.70. The molecular weight excluding hydrogens is 254 g/mol. The summed E-state index contributed by atoms with van der Waals surface area (Å²) >= 11 is 0. The molecule has 1 aliphatic heterocycles. The van der Waals surface area contributed by atoms with Gasteiger partial charge >= 0.3 is 5.69 Å². The van der Waals surface area contributed by atoms with Gasteiger partial charge < -0.3 is 9.88 Å². The highest BCUT2D eigenvalue weighted by Crippen LogP contribution is 2.20. The van der Waals surface area contributed by atoms with Gasteiger partial charge in [0, 0.05) is 36.9 Å². The minimum atomic E-state index is -0.113. The van der Waals surface area contributed by atoms with Crippen LogP contribution in [0.3, 0.4) is 0 Å². The smallest absolute Gasteiger partial charge is 0.325 e. The molecule has 1 amide bonds. The molecule has 112 valence electrons. The van der Waals surface area contributed by atoms with Crippen molar-refractivity contribution in [3.8, 4) is 0 Å². The van der Waals surface area contributed by atoms with Crippen molar-refractivity contribution in [2.75, 3.05) is 6.54 Å². The first-order valence-electron chi connectivity index (χ1n) is 7.60. The predicted molar refractivity (Wildman–Crippen MR) is 78.8 cm³/mol. The van der Waals surface area contributed by atoms with Gasteiger partial charge in [0.25, 0.3) is 0 Å². The van der Waals surface area contributed by atoms with Crippen LogP contribution < -0.4 is 5.69 Å². The number of aromatic nitrogens is 2. The van der Waals surface area contributed by atoms with Gasteiger partial charge in [-0.1, -0.05) is 6.92 Å². The van der Waals surface area contributed by atoms with Crippen LogP contribution in [0.15, 0.2) is 4.79 Å². The van der Waals surface area contributed by atoms with Crippen LogP contribution in [-0.4, -0.2) is 32.9 Å². The average molecular weight is 279 g/mol. The number of H-pyrrole nitrogens is 1. The van der Waals surface area contributed by atoms with Crippen LogP contribution >= 0.6 is 0 Å². The Hall–Kier alpha value is -1.52. The summed E-state index contributed by atoms with van der Waals surface area (Å²) in [7, 11) is 0. The molecule has 0 aliphatic carbocycles. The number of piperidine rings is 1. The molecule has 1 N–H and O–H groups in total. The topological polar surface area (TPSA) is 58.1 Å². The number of amides is 1. The van der Waals surface area contributed by atoms with E-state index >= 15 is 0 Å². The maximum atomic E-state index is 12.4. The second kappa shape index (κ2) is 6.29. The molecule has 1 unspecified atom stereocenters. The molecule has 2 heterocycles. The van der Waals surface area contributed by atoms with Gasteiger partial charge in [-0.05, 0) is 39.5 Å². The van der Waals surface area contributed by atoms with Gasteiger partial charge in [0.1, 0.15) is 0 Å². The molecule has 1 atom stereocenters. The molecule has 0 radical (unpaired) electrons. The number of likely N-dealkylation sites (tertiary alicyclic amines) is 1. The second-order valence-corrected chi connectivity index (χ2v) is 5.69. The molecule has 1 aliphatic rings. The predicted octanol–water partition coefficient (Wildman–Crippen LogP) is 1.97. The third-order valence-corrected chi connectivity index (χ3v) is 4.46. The summed E-state index contributed by atoms with van der Waals surface area (Å²) in [5, 5.41) is 0. The van der Waals surface area contributed by atoms with Crippen LogP contribution in [-0.2, 0) is 11.3 Å². The molecule has 1 saturated heterocycles. The summed E-state index contributed by atoms with van der Waals surface area (Å²) < 4.78 is 1.66. The fourth-order valence-electron chi connectivity index (χ4n) is 3.05. The van der Waals surface area contributed by atoms with Crippen molar-refractivity contribution in [2.24, 2.45) is 0 Å². The van der Waals surface area contributed by atoms with E-state index in [1.165, 1.54) is 6.42 Å². The van der Waals surface area contributed by atoms with Gasteiger partial charge in [0.2, 0.25) is 5.91 Å². The standard InChI is InChI=1S/C15H25N3O2/c1-4-13-7-5-6-9-18(13)14(19)8-10-17-12(3)11(2)16-15(17)20/h13H,4-10H2,1-3H3,(H,16,20). The van der Waals surface area contributed by atoms with Crippen molar-refractivity contribution in [2.45, 2.75) is 65.5 Å². The quantitative estimate of drug-likeness (QED) is 0.916. The molecule has 0 saturated carbocycles. The highest BCUT2D eigenvalue weighted by molar-refractivity contribution is 5.76. The lowest BCUT2D eigenvalue weighted by Crippen LogP contribution is -2.43. The monoisotopic (exact) mass is 279 g/mol. The lowest BCUT2D eigenvalue weighted by Gasteiger charge is -2.35. The number of nitrogens with one attached hydrogen (secondary N) is 1. The van der Waals surface area contributed by atoms with Gasteiger partial charge in [-0.3, -0.25) is 9.36 Å². The summed E-state index contributed by atoms with van der Waals surface area (Å²) in [6.07, 6.45) is 4.87.